The second-order valence-electron chi connectivity index (χ2n) is 7.48. The molecule has 3 rings (SSSR count). The zero-order chi connectivity index (χ0) is 20.3. The van der Waals surface area contributed by atoms with Crippen LogP contribution in [-0.2, 0) is 4.74 Å². The molecule has 1 saturated heterocycles. The number of carbonyl (C=O) groups is 1. The van der Waals surface area contributed by atoms with Crippen LogP contribution < -0.4 is 5.56 Å². The van der Waals surface area contributed by atoms with Crippen molar-refractivity contribution in [3.63, 3.8) is 0 Å². The molecule has 7 heteroatoms. The lowest BCUT2D eigenvalue weighted by atomic mass is 10.1. The molecule has 1 amide bonds. The van der Waals surface area contributed by atoms with E-state index in [0.29, 0.717) is 37.6 Å². The summed E-state index contributed by atoms with van der Waals surface area (Å²) >= 11 is 0. The van der Waals surface area contributed by atoms with Crippen molar-refractivity contribution in [2.24, 2.45) is 5.92 Å². The standard InChI is InChI=1S/C21H26FN3O3/c1-15-8-9-25(18-6-4-17(22)5-7-18)21(27)19(15)20(26)24-10-11-28-14-16(13-24)12-23(2)3/h4-9,16H,10-14H2,1-3H3. The fourth-order valence-corrected chi connectivity index (χ4v) is 3.54. The molecule has 0 radical (unpaired) electrons. The number of nitrogens with zero attached hydrogens (tertiary/aromatic N) is 3. The van der Waals surface area contributed by atoms with Crippen molar-refractivity contribution in [2.45, 2.75) is 6.92 Å². The van der Waals surface area contributed by atoms with E-state index in [4.69, 9.17) is 4.74 Å². The molecule has 1 aliphatic rings. The summed E-state index contributed by atoms with van der Waals surface area (Å²) in [4.78, 5) is 30.1. The fourth-order valence-electron chi connectivity index (χ4n) is 3.54. The zero-order valence-corrected chi connectivity index (χ0v) is 16.5. The van der Waals surface area contributed by atoms with Crippen molar-refractivity contribution in [2.75, 3.05) is 46.9 Å². The highest BCUT2D eigenvalue weighted by molar-refractivity contribution is 5.95. The number of halogens is 1. The topological polar surface area (TPSA) is 54.8 Å². The first-order valence-electron chi connectivity index (χ1n) is 9.36. The Morgan fingerprint density at radius 1 is 1.25 bits per heavy atom. The molecular weight excluding hydrogens is 361 g/mol. The van der Waals surface area contributed by atoms with Gasteiger partial charge in [0.05, 0.1) is 13.2 Å². The van der Waals surface area contributed by atoms with Gasteiger partial charge in [-0.05, 0) is 56.9 Å². The maximum absolute atomic E-state index is 13.2. The first-order chi connectivity index (χ1) is 13.4. The van der Waals surface area contributed by atoms with Gasteiger partial charge in [-0.15, -0.1) is 0 Å². The highest BCUT2D eigenvalue weighted by Crippen LogP contribution is 2.14. The van der Waals surface area contributed by atoms with Gasteiger partial charge in [0.2, 0.25) is 0 Å². The number of hydrogen-bond donors (Lipinski definition) is 0. The minimum Gasteiger partial charge on any atom is -0.379 e. The van der Waals surface area contributed by atoms with Gasteiger partial charge in [-0.2, -0.15) is 0 Å². The number of pyridine rings is 1. The van der Waals surface area contributed by atoms with Gasteiger partial charge in [0, 0.05) is 37.4 Å². The molecule has 0 saturated carbocycles. The first-order valence-corrected chi connectivity index (χ1v) is 9.36. The van der Waals surface area contributed by atoms with E-state index in [2.05, 4.69) is 4.90 Å². The molecule has 1 aliphatic heterocycles. The Bertz CT molecular complexity index is 893. The molecule has 1 unspecified atom stereocenters. The van der Waals surface area contributed by atoms with Crippen LogP contribution in [0.15, 0.2) is 41.3 Å². The van der Waals surface area contributed by atoms with Crippen LogP contribution in [0.2, 0.25) is 0 Å². The molecule has 1 fully saturated rings. The van der Waals surface area contributed by atoms with Crippen LogP contribution in [0.3, 0.4) is 0 Å². The highest BCUT2D eigenvalue weighted by atomic mass is 19.1. The fraction of sp³-hybridized carbons (Fsp3) is 0.429. The number of carbonyl (C=O) groups excluding carboxylic acids is 1. The van der Waals surface area contributed by atoms with Crippen molar-refractivity contribution in [1.82, 2.24) is 14.4 Å². The Kier molecular flexibility index (Phi) is 6.26. The van der Waals surface area contributed by atoms with Crippen LogP contribution in [0.4, 0.5) is 4.39 Å². The lowest BCUT2D eigenvalue weighted by molar-refractivity contribution is 0.0732. The Morgan fingerprint density at radius 3 is 2.64 bits per heavy atom. The third kappa shape index (κ3) is 4.48. The molecule has 1 aromatic carbocycles. The van der Waals surface area contributed by atoms with E-state index in [1.807, 2.05) is 14.1 Å². The first kappa shape index (κ1) is 20.2. The zero-order valence-electron chi connectivity index (χ0n) is 16.5. The van der Waals surface area contributed by atoms with Crippen LogP contribution in [0, 0.1) is 18.7 Å². The maximum atomic E-state index is 13.2. The summed E-state index contributed by atoms with van der Waals surface area (Å²) in [7, 11) is 3.97. The van der Waals surface area contributed by atoms with Gasteiger partial charge in [0.15, 0.2) is 0 Å². The molecular formula is C21H26FN3O3. The Balaban J connectivity index is 1.93. The molecule has 6 nitrogen and oxygen atoms in total. The average Bonchev–Trinajstić information content (AvgIpc) is 2.88. The third-order valence-corrected chi connectivity index (χ3v) is 4.87. The van der Waals surface area contributed by atoms with Crippen molar-refractivity contribution in [1.29, 1.82) is 0 Å². The van der Waals surface area contributed by atoms with E-state index in [0.717, 1.165) is 6.54 Å². The minimum atomic E-state index is -0.397. The van der Waals surface area contributed by atoms with Gasteiger partial charge >= 0.3 is 0 Å². The van der Waals surface area contributed by atoms with E-state index in [-0.39, 0.29) is 23.2 Å². The van der Waals surface area contributed by atoms with E-state index in [1.54, 1.807) is 24.1 Å². The van der Waals surface area contributed by atoms with Crippen molar-refractivity contribution in [3.05, 3.63) is 63.8 Å². The SMILES string of the molecule is Cc1ccn(-c2ccc(F)cc2)c(=O)c1C(=O)N1CCOCC(CN(C)C)C1. The van der Waals surface area contributed by atoms with Gasteiger partial charge < -0.3 is 14.5 Å². The van der Waals surface area contributed by atoms with Crippen LogP contribution in [0.1, 0.15) is 15.9 Å². The van der Waals surface area contributed by atoms with Crippen molar-refractivity contribution < 1.29 is 13.9 Å². The summed E-state index contributed by atoms with van der Waals surface area (Å²) in [5.41, 5.74) is 0.899. The molecule has 0 spiro atoms. The molecule has 0 bridgehead atoms. The lowest BCUT2D eigenvalue weighted by Crippen LogP contribution is -2.41. The van der Waals surface area contributed by atoms with E-state index in [1.165, 1.54) is 28.8 Å². The van der Waals surface area contributed by atoms with Crippen molar-refractivity contribution in [3.8, 4) is 5.69 Å². The predicted octanol–water partition coefficient (Wildman–Crippen LogP) is 1.94. The number of aromatic nitrogens is 1. The number of aryl methyl sites for hydroxylation is 1. The van der Waals surface area contributed by atoms with Crippen LogP contribution in [0.5, 0.6) is 0 Å². The Hall–Kier alpha value is -2.51. The predicted molar refractivity (Wildman–Crippen MR) is 106 cm³/mol. The second-order valence-corrected chi connectivity index (χ2v) is 7.48. The van der Waals surface area contributed by atoms with E-state index in [9.17, 15) is 14.0 Å². The summed E-state index contributed by atoms with van der Waals surface area (Å²) in [5.74, 6) is -0.477. The smallest absolute Gasteiger partial charge is 0.268 e. The third-order valence-electron chi connectivity index (χ3n) is 4.87. The molecule has 0 aliphatic carbocycles. The molecule has 2 aromatic rings. The maximum Gasteiger partial charge on any atom is 0.268 e. The van der Waals surface area contributed by atoms with Gasteiger partial charge in [-0.1, -0.05) is 0 Å². The molecule has 2 heterocycles. The summed E-state index contributed by atoms with van der Waals surface area (Å²) in [6.07, 6.45) is 1.61. The molecule has 1 aromatic heterocycles. The number of rotatable bonds is 4. The summed E-state index contributed by atoms with van der Waals surface area (Å²) in [5, 5.41) is 0. The van der Waals surface area contributed by atoms with E-state index >= 15 is 0 Å². The van der Waals surface area contributed by atoms with Crippen molar-refractivity contribution >= 4 is 5.91 Å². The number of amides is 1. The Labute approximate surface area is 164 Å². The number of benzene rings is 1. The molecule has 0 N–H and O–H groups in total. The molecule has 28 heavy (non-hydrogen) atoms. The van der Waals surface area contributed by atoms with Gasteiger partial charge in [0.1, 0.15) is 11.4 Å². The normalized spacial score (nSPS) is 17.6. The van der Waals surface area contributed by atoms with Crippen LogP contribution in [-0.4, -0.2) is 67.2 Å². The largest absolute Gasteiger partial charge is 0.379 e. The number of ether oxygens (including phenoxy) is 1. The minimum absolute atomic E-state index is 0.150. The summed E-state index contributed by atoms with van der Waals surface area (Å²) in [6, 6.07) is 7.37. The molecule has 150 valence electrons. The lowest BCUT2D eigenvalue weighted by Gasteiger charge is -2.26. The van der Waals surface area contributed by atoms with Gasteiger partial charge in [-0.3, -0.25) is 14.2 Å². The number of hydrogen-bond acceptors (Lipinski definition) is 4. The second kappa shape index (κ2) is 8.67. The average molecular weight is 387 g/mol. The summed E-state index contributed by atoms with van der Waals surface area (Å²) in [6.45, 7) is 4.60. The highest BCUT2D eigenvalue weighted by Gasteiger charge is 2.27. The summed E-state index contributed by atoms with van der Waals surface area (Å²) < 4.78 is 20.2. The van der Waals surface area contributed by atoms with Gasteiger partial charge in [0.25, 0.3) is 11.5 Å². The van der Waals surface area contributed by atoms with Crippen LogP contribution in [0.25, 0.3) is 5.69 Å². The monoisotopic (exact) mass is 387 g/mol. The quantitative estimate of drug-likeness (QED) is 0.805. The molecule has 1 atom stereocenters. The van der Waals surface area contributed by atoms with Gasteiger partial charge in [-0.25, -0.2) is 4.39 Å². The van der Waals surface area contributed by atoms with E-state index < -0.39 is 5.56 Å². The van der Waals surface area contributed by atoms with Crippen LogP contribution >= 0.6 is 0 Å². The Morgan fingerprint density at radius 2 is 1.96 bits per heavy atom.